The number of hydrogen-bond donors (Lipinski definition) is 1. The van der Waals surface area contributed by atoms with Crippen molar-refractivity contribution < 1.29 is 19.4 Å². The summed E-state index contributed by atoms with van der Waals surface area (Å²) in [7, 11) is 0. The number of esters is 1. The average molecular weight is 392 g/mol. The third-order valence-electron chi connectivity index (χ3n) is 5.44. The van der Waals surface area contributed by atoms with Crippen LogP contribution in [0, 0.1) is 17.3 Å². The van der Waals surface area contributed by atoms with Gasteiger partial charge in [0.1, 0.15) is 0 Å². The summed E-state index contributed by atoms with van der Waals surface area (Å²) < 4.78 is 5.39. The molecule has 4 unspecified atom stereocenters. The molecule has 0 fully saturated rings. The van der Waals surface area contributed by atoms with Crippen molar-refractivity contribution in [2.24, 2.45) is 22.2 Å². The number of carbonyl (C=O) groups excluding carboxylic acids is 1. The normalized spacial score (nSPS) is 27.9. The summed E-state index contributed by atoms with van der Waals surface area (Å²) in [6.45, 7) is 9.07. The van der Waals surface area contributed by atoms with Gasteiger partial charge in [-0.15, -0.1) is 11.8 Å². The van der Waals surface area contributed by atoms with E-state index in [1.54, 1.807) is 32.5 Å². The van der Waals surface area contributed by atoms with Crippen molar-refractivity contribution in [2.45, 2.75) is 58.1 Å². The van der Waals surface area contributed by atoms with Crippen LogP contribution in [0.4, 0.5) is 0 Å². The van der Waals surface area contributed by atoms with Gasteiger partial charge in [-0.05, 0) is 57.9 Å². The fourth-order valence-corrected chi connectivity index (χ4v) is 5.02. The molecular formula is C21H29NO4S. The molecule has 2 rings (SSSR count). The molecule has 1 aromatic carbocycles. The maximum atomic E-state index is 12.6. The number of carboxylic acids is 1. The minimum atomic E-state index is -1.10. The quantitative estimate of drug-likeness (QED) is 0.554. The van der Waals surface area contributed by atoms with Gasteiger partial charge in [0, 0.05) is 10.6 Å². The van der Waals surface area contributed by atoms with Gasteiger partial charge in [-0.25, -0.2) is 0 Å². The number of nitrogens with zero attached hydrogens (tertiary/aromatic N) is 1. The number of rotatable bonds is 7. The second kappa shape index (κ2) is 8.91. The number of aliphatic carboxylic acids is 1. The maximum Gasteiger partial charge on any atom is 0.315 e. The molecule has 6 heteroatoms. The molecule has 0 radical (unpaired) electrons. The first-order chi connectivity index (χ1) is 12.7. The molecule has 0 saturated heterocycles. The van der Waals surface area contributed by atoms with Gasteiger partial charge in [0.25, 0.3) is 0 Å². The summed E-state index contributed by atoms with van der Waals surface area (Å²) >= 11 is 1.63. The van der Waals surface area contributed by atoms with Gasteiger partial charge in [-0.1, -0.05) is 25.1 Å². The highest BCUT2D eigenvalue weighted by molar-refractivity contribution is 7.99. The van der Waals surface area contributed by atoms with Crippen LogP contribution in [0.2, 0.25) is 0 Å². The minimum absolute atomic E-state index is 0.246. The van der Waals surface area contributed by atoms with Gasteiger partial charge in [-0.2, -0.15) is 0 Å². The SMILES string of the molecule is CC1=NC(C)C(CCSc2ccccc2)(C(=O)O)C(C)C1C(=O)OC(C)C. The van der Waals surface area contributed by atoms with Crippen LogP contribution in [0.25, 0.3) is 0 Å². The highest BCUT2D eigenvalue weighted by atomic mass is 32.2. The van der Waals surface area contributed by atoms with Crippen molar-refractivity contribution in [3.05, 3.63) is 30.3 Å². The van der Waals surface area contributed by atoms with E-state index in [4.69, 9.17) is 4.74 Å². The molecule has 148 valence electrons. The molecule has 1 aliphatic heterocycles. The lowest BCUT2D eigenvalue weighted by molar-refractivity contribution is -0.161. The molecule has 0 saturated carbocycles. The Morgan fingerprint density at radius 1 is 1.26 bits per heavy atom. The van der Waals surface area contributed by atoms with E-state index in [0.717, 1.165) is 4.90 Å². The lowest BCUT2D eigenvalue weighted by Crippen LogP contribution is -2.55. The molecule has 1 aromatic rings. The summed E-state index contributed by atoms with van der Waals surface area (Å²) in [6, 6.07) is 9.51. The van der Waals surface area contributed by atoms with Crippen LogP contribution in [0.15, 0.2) is 40.2 Å². The van der Waals surface area contributed by atoms with Gasteiger partial charge < -0.3 is 9.84 Å². The van der Waals surface area contributed by atoms with Gasteiger partial charge in [0.2, 0.25) is 0 Å². The molecule has 1 aliphatic rings. The molecule has 0 aromatic heterocycles. The van der Waals surface area contributed by atoms with E-state index in [1.807, 2.05) is 44.2 Å². The molecule has 0 aliphatic carbocycles. The van der Waals surface area contributed by atoms with E-state index in [0.29, 0.717) is 17.9 Å². The molecule has 0 amide bonds. The second-order valence-electron chi connectivity index (χ2n) is 7.46. The van der Waals surface area contributed by atoms with E-state index in [1.165, 1.54) is 0 Å². The molecule has 0 spiro atoms. The number of carboxylic acid groups (broad SMARTS) is 1. The van der Waals surface area contributed by atoms with Crippen LogP contribution >= 0.6 is 11.8 Å². The molecule has 0 bridgehead atoms. The monoisotopic (exact) mass is 391 g/mol. The number of hydrogen-bond acceptors (Lipinski definition) is 5. The first kappa shape index (κ1) is 21.5. The Bertz CT molecular complexity index is 703. The number of benzene rings is 1. The zero-order valence-electron chi connectivity index (χ0n) is 16.6. The van der Waals surface area contributed by atoms with Crippen molar-refractivity contribution in [2.75, 3.05) is 5.75 Å². The smallest absolute Gasteiger partial charge is 0.315 e. The Morgan fingerprint density at radius 3 is 2.44 bits per heavy atom. The molecular weight excluding hydrogens is 362 g/mol. The van der Waals surface area contributed by atoms with Crippen molar-refractivity contribution in [3.63, 3.8) is 0 Å². The van der Waals surface area contributed by atoms with E-state index < -0.39 is 29.3 Å². The largest absolute Gasteiger partial charge is 0.481 e. The van der Waals surface area contributed by atoms with Crippen LogP contribution in [-0.2, 0) is 14.3 Å². The number of aliphatic imine (C=N–C) groups is 1. The highest BCUT2D eigenvalue weighted by Gasteiger charge is 2.55. The third-order valence-corrected chi connectivity index (χ3v) is 6.45. The lowest BCUT2D eigenvalue weighted by atomic mass is 9.62. The number of ether oxygens (including phenoxy) is 1. The summed E-state index contributed by atoms with van der Waals surface area (Å²) in [5.41, 5.74) is -0.435. The number of thioether (sulfide) groups is 1. The topological polar surface area (TPSA) is 76.0 Å². The van der Waals surface area contributed by atoms with E-state index in [2.05, 4.69) is 4.99 Å². The Hall–Kier alpha value is -1.82. The summed E-state index contributed by atoms with van der Waals surface area (Å²) in [6.07, 6.45) is 0.191. The van der Waals surface area contributed by atoms with Crippen LogP contribution < -0.4 is 0 Å². The van der Waals surface area contributed by atoms with Gasteiger partial charge >= 0.3 is 11.9 Å². The molecule has 1 heterocycles. The van der Waals surface area contributed by atoms with E-state index >= 15 is 0 Å². The van der Waals surface area contributed by atoms with E-state index in [9.17, 15) is 14.7 Å². The van der Waals surface area contributed by atoms with Crippen molar-refractivity contribution in [1.82, 2.24) is 0 Å². The maximum absolute atomic E-state index is 12.6. The predicted molar refractivity (Wildman–Crippen MR) is 108 cm³/mol. The summed E-state index contributed by atoms with van der Waals surface area (Å²) in [5.74, 6) is -1.65. The van der Waals surface area contributed by atoms with Crippen molar-refractivity contribution >= 4 is 29.4 Å². The zero-order valence-corrected chi connectivity index (χ0v) is 17.5. The first-order valence-corrected chi connectivity index (χ1v) is 10.3. The van der Waals surface area contributed by atoms with Crippen LogP contribution in [0.3, 0.4) is 0 Å². The third kappa shape index (κ3) is 4.54. The second-order valence-corrected chi connectivity index (χ2v) is 8.62. The molecule has 27 heavy (non-hydrogen) atoms. The van der Waals surface area contributed by atoms with E-state index in [-0.39, 0.29) is 12.1 Å². The Balaban J connectivity index is 2.27. The Kier molecular flexibility index (Phi) is 7.09. The Morgan fingerprint density at radius 2 is 1.89 bits per heavy atom. The standard InChI is InChI=1S/C21H29NO4S/c1-13(2)26-19(23)18-14(3)21(20(24)25,16(5)22-15(18)4)11-12-27-17-9-7-6-8-10-17/h6-10,13-14,16,18H,11-12H2,1-5H3,(H,24,25). The van der Waals surface area contributed by atoms with Crippen LogP contribution in [0.5, 0.6) is 0 Å². The lowest BCUT2D eigenvalue weighted by Gasteiger charge is -2.45. The Labute approximate surface area is 165 Å². The fourth-order valence-electron chi connectivity index (χ4n) is 3.99. The minimum Gasteiger partial charge on any atom is -0.481 e. The van der Waals surface area contributed by atoms with Crippen molar-refractivity contribution in [3.8, 4) is 0 Å². The van der Waals surface area contributed by atoms with Gasteiger partial charge in [-0.3, -0.25) is 14.6 Å². The van der Waals surface area contributed by atoms with Gasteiger partial charge in [0.15, 0.2) is 0 Å². The zero-order chi connectivity index (χ0) is 20.2. The summed E-state index contributed by atoms with van der Waals surface area (Å²) in [5, 5.41) is 10.2. The first-order valence-electron chi connectivity index (χ1n) is 9.36. The summed E-state index contributed by atoms with van der Waals surface area (Å²) in [4.78, 5) is 30.7. The molecule has 5 nitrogen and oxygen atoms in total. The molecule has 4 atom stereocenters. The fraction of sp³-hybridized carbons (Fsp3) is 0.571. The molecule has 1 N–H and O–H groups in total. The van der Waals surface area contributed by atoms with Gasteiger partial charge in [0.05, 0.1) is 23.5 Å². The van der Waals surface area contributed by atoms with Crippen molar-refractivity contribution in [1.29, 1.82) is 0 Å². The number of carbonyl (C=O) groups is 2. The average Bonchev–Trinajstić information content (AvgIpc) is 2.57. The van der Waals surface area contributed by atoms with Crippen LogP contribution in [0.1, 0.15) is 41.0 Å². The highest BCUT2D eigenvalue weighted by Crippen LogP contribution is 2.46. The van der Waals surface area contributed by atoms with Crippen LogP contribution in [-0.4, -0.2) is 40.7 Å². The predicted octanol–water partition coefficient (Wildman–Crippen LogP) is 4.31.